The van der Waals surface area contributed by atoms with Crippen molar-refractivity contribution in [1.29, 1.82) is 0 Å². The van der Waals surface area contributed by atoms with Gasteiger partial charge in [0.15, 0.2) is 0 Å². The molecular formula is C11H9BrFN. The van der Waals surface area contributed by atoms with Gasteiger partial charge in [0.2, 0.25) is 0 Å². The van der Waals surface area contributed by atoms with Crippen LogP contribution in [0.5, 0.6) is 0 Å². The van der Waals surface area contributed by atoms with Crippen molar-refractivity contribution in [3.8, 4) is 0 Å². The number of aromatic amines is 1. The molecule has 0 amide bonds. The average Bonchev–Trinajstić information content (AvgIpc) is 2.93. The van der Waals surface area contributed by atoms with E-state index in [0.29, 0.717) is 5.92 Å². The van der Waals surface area contributed by atoms with E-state index in [1.807, 2.05) is 6.07 Å². The van der Waals surface area contributed by atoms with Crippen molar-refractivity contribution >= 4 is 26.8 Å². The fraction of sp³-hybridized carbons (Fsp3) is 0.273. The maximum Gasteiger partial charge on any atom is 0.125 e. The quantitative estimate of drug-likeness (QED) is 0.793. The highest BCUT2D eigenvalue weighted by Crippen LogP contribution is 2.45. The molecule has 0 bridgehead atoms. The second-order valence-electron chi connectivity index (χ2n) is 3.82. The van der Waals surface area contributed by atoms with Crippen LogP contribution in [0.4, 0.5) is 4.39 Å². The summed E-state index contributed by atoms with van der Waals surface area (Å²) in [5.41, 5.74) is 2.12. The highest BCUT2D eigenvalue weighted by Gasteiger charge is 2.28. The molecule has 1 nitrogen and oxygen atoms in total. The molecule has 1 saturated carbocycles. The lowest BCUT2D eigenvalue weighted by atomic mass is 10.2. The van der Waals surface area contributed by atoms with Crippen LogP contribution in [-0.2, 0) is 0 Å². The zero-order valence-electron chi connectivity index (χ0n) is 7.48. The molecule has 1 aromatic carbocycles. The molecule has 1 aromatic heterocycles. The Morgan fingerprint density at radius 2 is 2.14 bits per heavy atom. The third-order valence-electron chi connectivity index (χ3n) is 2.71. The molecular weight excluding hydrogens is 245 g/mol. The molecule has 1 aliphatic carbocycles. The third-order valence-corrected chi connectivity index (χ3v) is 3.56. The van der Waals surface area contributed by atoms with Crippen molar-refractivity contribution in [2.45, 2.75) is 18.8 Å². The fourth-order valence-electron chi connectivity index (χ4n) is 1.81. The molecule has 1 aliphatic rings. The van der Waals surface area contributed by atoms with E-state index in [4.69, 9.17) is 0 Å². The lowest BCUT2D eigenvalue weighted by Gasteiger charge is -1.91. The monoisotopic (exact) mass is 253 g/mol. The Balaban J connectivity index is 2.28. The first-order chi connectivity index (χ1) is 6.75. The summed E-state index contributed by atoms with van der Waals surface area (Å²) in [7, 11) is 0. The van der Waals surface area contributed by atoms with E-state index < -0.39 is 0 Å². The van der Waals surface area contributed by atoms with Gasteiger partial charge in [0.25, 0.3) is 0 Å². The average molecular weight is 254 g/mol. The van der Waals surface area contributed by atoms with Crippen molar-refractivity contribution in [1.82, 2.24) is 4.98 Å². The molecule has 1 heterocycles. The summed E-state index contributed by atoms with van der Waals surface area (Å²) in [5, 5.41) is 1.08. The van der Waals surface area contributed by atoms with Crippen molar-refractivity contribution < 1.29 is 4.39 Å². The number of halogens is 2. The Bertz CT molecular complexity index is 499. The van der Waals surface area contributed by atoms with E-state index in [-0.39, 0.29) is 5.82 Å². The van der Waals surface area contributed by atoms with Gasteiger partial charge in [-0.1, -0.05) is 0 Å². The standard InChI is InChI=1S/C11H9BrFN/c12-10-8-4-3-7(13)5-9(8)14-11(10)6-1-2-6/h3-6,14H,1-2H2. The minimum absolute atomic E-state index is 0.186. The summed E-state index contributed by atoms with van der Waals surface area (Å²) in [6.07, 6.45) is 2.49. The maximum absolute atomic E-state index is 13.0. The molecule has 2 aromatic rings. The largest absolute Gasteiger partial charge is 0.357 e. The number of nitrogens with one attached hydrogen (secondary N) is 1. The van der Waals surface area contributed by atoms with Crippen molar-refractivity contribution in [2.24, 2.45) is 0 Å². The number of rotatable bonds is 1. The van der Waals surface area contributed by atoms with E-state index >= 15 is 0 Å². The van der Waals surface area contributed by atoms with Crippen LogP contribution in [0.1, 0.15) is 24.5 Å². The van der Waals surface area contributed by atoms with Crippen LogP contribution >= 0.6 is 15.9 Å². The summed E-state index contributed by atoms with van der Waals surface area (Å²) in [5.74, 6) is 0.466. The highest BCUT2D eigenvalue weighted by atomic mass is 79.9. The Labute approximate surface area is 89.4 Å². The second kappa shape index (κ2) is 2.83. The number of benzene rings is 1. The Hall–Kier alpha value is -0.830. The molecule has 1 fully saturated rings. The number of aromatic nitrogens is 1. The zero-order valence-corrected chi connectivity index (χ0v) is 9.07. The van der Waals surface area contributed by atoms with Gasteiger partial charge >= 0.3 is 0 Å². The van der Waals surface area contributed by atoms with Gasteiger partial charge < -0.3 is 4.98 Å². The van der Waals surface area contributed by atoms with Gasteiger partial charge in [-0.05, 0) is 47.0 Å². The SMILES string of the molecule is Fc1ccc2c(Br)c(C3CC3)[nH]c2c1. The van der Waals surface area contributed by atoms with Crippen molar-refractivity contribution in [2.75, 3.05) is 0 Å². The van der Waals surface area contributed by atoms with Gasteiger partial charge in [0.05, 0.1) is 0 Å². The van der Waals surface area contributed by atoms with Crippen LogP contribution in [0.3, 0.4) is 0 Å². The molecule has 0 unspecified atom stereocenters. The second-order valence-corrected chi connectivity index (χ2v) is 4.61. The topological polar surface area (TPSA) is 15.8 Å². The predicted octanol–water partition coefficient (Wildman–Crippen LogP) is 3.95. The van der Waals surface area contributed by atoms with Crippen LogP contribution in [0, 0.1) is 5.82 Å². The normalized spacial score (nSPS) is 16.4. The van der Waals surface area contributed by atoms with Crippen LogP contribution in [0.15, 0.2) is 22.7 Å². The minimum atomic E-state index is -0.186. The molecule has 3 heteroatoms. The number of hydrogen-bond donors (Lipinski definition) is 1. The molecule has 1 N–H and O–H groups in total. The first kappa shape index (κ1) is 8.48. The first-order valence-corrected chi connectivity index (χ1v) is 5.51. The molecule has 0 atom stereocenters. The van der Waals surface area contributed by atoms with Gasteiger partial charge in [0, 0.05) is 27.0 Å². The molecule has 0 aliphatic heterocycles. The Morgan fingerprint density at radius 1 is 1.36 bits per heavy atom. The van der Waals surface area contributed by atoms with Crippen LogP contribution in [-0.4, -0.2) is 4.98 Å². The summed E-state index contributed by atoms with van der Waals surface area (Å²) in [4.78, 5) is 3.28. The summed E-state index contributed by atoms with van der Waals surface area (Å²) in [6.45, 7) is 0. The predicted molar refractivity (Wildman–Crippen MR) is 57.9 cm³/mol. The fourth-order valence-corrected chi connectivity index (χ4v) is 2.58. The molecule has 0 spiro atoms. The summed E-state index contributed by atoms with van der Waals surface area (Å²) >= 11 is 3.56. The maximum atomic E-state index is 13.0. The minimum Gasteiger partial charge on any atom is -0.357 e. The Morgan fingerprint density at radius 3 is 2.86 bits per heavy atom. The lowest BCUT2D eigenvalue weighted by Crippen LogP contribution is -1.77. The van der Waals surface area contributed by atoms with Crippen molar-refractivity contribution in [3.63, 3.8) is 0 Å². The number of fused-ring (bicyclic) bond motifs is 1. The van der Waals surface area contributed by atoms with Crippen LogP contribution in [0.2, 0.25) is 0 Å². The molecule has 14 heavy (non-hydrogen) atoms. The highest BCUT2D eigenvalue weighted by molar-refractivity contribution is 9.10. The van der Waals surface area contributed by atoms with Crippen LogP contribution in [0.25, 0.3) is 10.9 Å². The smallest absolute Gasteiger partial charge is 0.125 e. The molecule has 72 valence electrons. The van der Waals surface area contributed by atoms with Gasteiger partial charge in [-0.15, -0.1) is 0 Å². The van der Waals surface area contributed by atoms with Gasteiger partial charge in [-0.25, -0.2) is 4.39 Å². The zero-order chi connectivity index (χ0) is 9.71. The van der Waals surface area contributed by atoms with E-state index in [9.17, 15) is 4.39 Å². The number of hydrogen-bond acceptors (Lipinski definition) is 0. The summed E-state index contributed by atoms with van der Waals surface area (Å²) in [6, 6.07) is 4.86. The molecule has 3 rings (SSSR count). The Kier molecular flexibility index (Phi) is 1.71. The van der Waals surface area contributed by atoms with Crippen molar-refractivity contribution in [3.05, 3.63) is 34.2 Å². The first-order valence-electron chi connectivity index (χ1n) is 4.72. The summed E-state index contributed by atoms with van der Waals surface area (Å²) < 4.78 is 14.1. The van der Waals surface area contributed by atoms with E-state index in [1.54, 1.807) is 6.07 Å². The molecule has 0 saturated heterocycles. The number of H-pyrrole nitrogens is 1. The lowest BCUT2D eigenvalue weighted by molar-refractivity contribution is 0.629. The van der Waals surface area contributed by atoms with E-state index in [2.05, 4.69) is 20.9 Å². The van der Waals surface area contributed by atoms with E-state index in [0.717, 1.165) is 15.4 Å². The van der Waals surface area contributed by atoms with Gasteiger partial charge in [0.1, 0.15) is 5.82 Å². The van der Waals surface area contributed by atoms with Gasteiger partial charge in [-0.2, -0.15) is 0 Å². The van der Waals surface area contributed by atoms with E-state index in [1.165, 1.54) is 24.6 Å². The third kappa shape index (κ3) is 1.19. The molecule has 0 radical (unpaired) electrons. The van der Waals surface area contributed by atoms with Gasteiger partial charge in [-0.3, -0.25) is 0 Å². The van der Waals surface area contributed by atoms with Crippen LogP contribution < -0.4 is 0 Å².